The van der Waals surface area contributed by atoms with Crippen LogP contribution in [0.4, 0.5) is 5.13 Å². The Hall–Kier alpha value is -1.27. The Labute approximate surface area is 118 Å². The molecule has 0 spiro atoms. The first kappa shape index (κ1) is 13.2. The van der Waals surface area contributed by atoms with E-state index in [9.17, 15) is 4.79 Å². The minimum atomic E-state index is -0.165. The molecular formula is C12H12BrN3OS. The van der Waals surface area contributed by atoms with Gasteiger partial charge in [-0.25, -0.2) is 0 Å². The molecule has 18 heavy (non-hydrogen) atoms. The summed E-state index contributed by atoms with van der Waals surface area (Å²) in [6.07, 6.45) is 1.92. The van der Waals surface area contributed by atoms with Gasteiger partial charge in [0.05, 0.1) is 0 Å². The number of benzene rings is 1. The number of rotatable bonds is 4. The molecule has 0 saturated carbocycles. The first-order valence-corrected chi connectivity index (χ1v) is 7.19. The summed E-state index contributed by atoms with van der Waals surface area (Å²) in [5.41, 5.74) is 0.602. The molecule has 0 saturated heterocycles. The molecule has 1 heterocycles. The van der Waals surface area contributed by atoms with Crippen molar-refractivity contribution in [2.45, 2.75) is 19.8 Å². The molecule has 2 aromatic rings. The van der Waals surface area contributed by atoms with Crippen molar-refractivity contribution < 1.29 is 4.79 Å². The van der Waals surface area contributed by atoms with Crippen LogP contribution in [-0.2, 0) is 6.42 Å². The number of nitrogens with one attached hydrogen (secondary N) is 1. The number of carbonyl (C=O) groups excluding carboxylic acids is 1. The zero-order valence-electron chi connectivity index (χ0n) is 9.81. The zero-order valence-corrected chi connectivity index (χ0v) is 12.2. The van der Waals surface area contributed by atoms with Crippen molar-refractivity contribution in [3.8, 4) is 0 Å². The molecule has 0 fully saturated rings. The molecule has 4 nitrogen and oxygen atoms in total. The summed E-state index contributed by atoms with van der Waals surface area (Å²) in [6, 6.07) is 7.18. The Morgan fingerprint density at radius 3 is 2.72 bits per heavy atom. The van der Waals surface area contributed by atoms with Gasteiger partial charge in [-0.1, -0.05) is 34.2 Å². The average Bonchev–Trinajstić information content (AvgIpc) is 2.78. The third-order valence-corrected chi connectivity index (χ3v) is 3.68. The highest BCUT2D eigenvalue weighted by molar-refractivity contribution is 9.10. The second-order valence-electron chi connectivity index (χ2n) is 3.71. The number of aromatic nitrogens is 2. The predicted molar refractivity (Wildman–Crippen MR) is 76.0 cm³/mol. The van der Waals surface area contributed by atoms with E-state index in [1.807, 2.05) is 12.1 Å². The maximum atomic E-state index is 11.9. The molecule has 0 radical (unpaired) electrons. The number of carbonyl (C=O) groups is 1. The normalized spacial score (nSPS) is 10.3. The Morgan fingerprint density at radius 2 is 2.06 bits per heavy atom. The third kappa shape index (κ3) is 3.36. The Kier molecular flexibility index (Phi) is 4.43. The van der Waals surface area contributed by atoms with E-state index in [1.165, 1.54) is 11.3 Å². The van der Waals surface area contributed by atoms with Crippen molar-refractivity contribution in [1.82, 2.24) is 10.2 Å². The van der Waals surface area contributed by atoms with Gasteiger partial charge in [-0.05, 0) is 30.7 Å². The number of anilines is 1. The van der Waals surface area contributed by atoms with Gasteiger partial charge in [0.25, 0.3) is 5.91 Å². The first-order chi connectivity index (χ1) is 8.69. The average molecular weight is 326 g/mol. The van der Waals surface area contributed by atoms with Gasteiger partial charge in [0, 0.05) is 16.5 Å². The zero-order chi connectivity index (χ0) is 13.0. The van der Waals surface area contributed by atoms with E-state index in [-0.39, 0.29) is 5.91 Å². The highest BCUT2D eigenvalue weighted by Gasteiger charge is 2.09. The summed E-state index contributed by atoms with van der Waals surface area (Å²) in [7, 11) is 0. The van der Waals surface area contributed by atoms with Gasteiger partial charge in [0.15, 0.2) is 0 Å². The van der Waals surface area contributed by atoms with Crippen molar-refractivity contribution in [3.05, 3.63) is 39.3 Å². The quantitative estimate of drug-likeness (QED) is 0.935. The van der Waals surface area contributed by atoms with Crippen LogP contribution in [0, 0.1) is 0 Å². The summed E-state index contributed by atoms with van der Waals surface area (Å²) in [4.78, 5) is 11.9. The van der Waals surface area contributed by atoms with Gasteiger partial charge >= 0.3 is 0 Å². The fourth-order valence-electron chi connectivity index (χ4n) is 1.39. The van der Waals surface area contributed by atoms with Crippen molar-refractivity contribution in [3.63, 3.8) is 0 Å². The van der Waals surface area contributed by atoms with E-state index >= 15 is 0 Å². The largest absolute Gasteiger partial charge is 0.296 e. The molecule has 0 aliphatic heterocycles. The molecule has 6 heteroatoms. The number of hydrogen-bond donors (Lipinski definition) is 1. The molecule has 2 rings (SSSR count). The van der Waals surface area contributed by atoms with E-state index in [4.69, 9.17) is 0 Å². The number of amides is 1. The molecule has 0 aliphatic rings. The minimum Gasteiger partial charge on any atom is -0.296 e. The predicted octanol–water partition coefficient (Wildman–Crippen LogP) is 3.51. The Morgan fingerprint density at radius 1 is 1.33 bits per heavy atom. The summed E-state index contributed by atoms with van der Waals surface area (Å²) in [5.74, 6) is -0.165. The summed E-state index contributed by atoms with van der Waals surface area (Å²) in [6.45, 7) is 2.08. The van der Waals surface area contributed by atoms with Gasteiger partial charge in [-0.15, -0.1) is 10.2 Å². The van der Waals surface area contributed by atoms with E-state index in [0.717, 1.165) is 22.3 Å². The Bertz CT molecular complexity index is 539. The summed E-state index contributed by atoms with van der Waals surface area (Å²) >= 11 is 4.75. The highest BCUT2D eigenvalue weighted by Crippen LogP contribution is 2.18. The molecule has 0 unspecified atom stereocenters. The van der Waals surface area contributed by atoms with Gasteiger partial charge in [0.1, 0.15) is 5.01 Å². The van der Waals surface area contributed by atoms with E-state index in [0.29, 0.717) is 10.7 Å². The second-order valence-corrected chi connectivity index (χ2v) is 5.69. The van der Waals surface area contributed by atoms with E-state index < -0.39 is 0 Å². The van der Waals surface area contributed by atoms with Crippen LogP contribution in [0.15, 0.2) is 28.7 Å². The van der Waals surface area contributed by atoms with Crippen LogP contribution in [0.5, 0.6) is 0 Å². The van der Waals surface area contributed by atoms with Gasteiger partial charge in [-0.2, -0.15) is 0 Å². The molecule has 94 valence electrons. The molecular weight excluding hydrogens is 314 g/mol. The van der Waals surface area contributed by atoms with Gasteiger partial charge < -0.3 is 0 Å². The van der Waals surface area contributed by atoms with Crippen molar-refractivity contribution in [1.29, 1.82) is 0 Å². The fourth-order valence-corrected chi connectivity index (χ4v) is 2.49. The molecule has 0 bridgehead atoms. The maximum Gasteiger partial charge on any atom is 0.257 e. The van der Waals surface area contributed by atoms with Crippen molar-refractivity contribution in [2.24, 2.45) is 0 Å². The SMILES string of the molecule is CCCc1nnc(NC(=O)c2ccc(Br)cc2)s1. The molecule has 1 N–H and O–H groups in total. The Balaban J connectivity index is 2.04. The van der Waals surface area contributed by atoms with Crippen LogP contribution in [0.3, 0.4) is 0 Å². The van der Waals surface area contributed by atoms with Gasteiger partial charge in [-0.3, -0.25) is 10.1 Å². The van der Waals surface area contributed by atoms with Crippen molar-refractivity contribution >= 4 is 38.3 Å². The number of aryl methyl sites for hydroxylation is 1. The number of nitrogens with zero attached hydrogens (tertiary/aromatic N) is 2. The lowest BCUT2D eigenvalue weighted by Gasteiger charge is -2.00. The third-order valence-electron chi connectivity index (χ3n) is 2.26. The minimum absolute atomic E-state index is 0.165. The maximum absolute atomic E-state index is 11.9. The number of halogens is 1. The lowest BCUT2D eigenvalue weighted by atomic mass is 10.2. The topological polar surface area (TPSA) is 54.9 Å². The summed E-state index contributed by atoms with van der Waals surface area (Å²) < 4.78 is 0.945. The van der Waals surface area contributed by atoms with E-state index in [1.54, 1.807) is 12.1 Å². The van der Waals surface area contributed by atoms with Crippen LogP contribution < -0.4 is 5.32 Å². The first-order valence-electron chi connectivity index (χ1n) is 5.58. The van der Waals surface area contributed by atoms with E-state index in [2.05, 4.69) is 38.4 Å². The number of hydrogen-bond acceptors (Lipinski definition) is 4. The van der Waals surface area contributed by atoms with Crippen LogP contribution >= 0.6 is 27.3 Å². The molecule has 0 atom stereocenters. The second kappa shape index (κ2) is 6.06. The molecule has 1 aromatic carbocycles. The standard InChI is InChI=1S/C12H12BrN3OS/c1-2-3-10-15-16-12(18-10)14-11(17)8-4-6-9(13)7-5-8/h4-7H,2-3H2,1H3,(H,14,16,17). The van der Waals surface area contributed by atoms with Crippen LogP contribution in [0.2, 0.25) is 0 Å². The van der Waals surface area contributed by atoms with Crippen LogP contribution in [0.1, 0.15) is 28.7 Å². The smallest absolute Gasteiger partial charge is 0.257 e. The highest BCUT2D eigenvalue weighted by atomic mass is 79.9. The van der Waals surface area contributed by atoms with Crippen LogP contribution in [-0.4, -0.2) is 16.1 Å². The monoisotopic (exact) mass is 325 g/mol. The fraction of sp³-hybridized carbons (Fsp3) is 0.250. The van der Waals surface area contributed by atoms with Crippen molar-refractivity contribution in [2.75, 3.05) is 5.32 Å². The lowest BCUT2D eigenvalue weighted by Crippen LogP contribution is -2.11. The molecule has 1 aromatic heterocycles. The molecule has 1 amide bonds. The molecule has 0 aliphatic carbocycles. The summed E-state index contributed by atoms with van der Waals surface area (Å²) in [5, 5.41) is 12.2. The lowest BCUT2D eigenvalue weighted by molar-refractivity contribution is 0.102. The van der Waals surface area contributed by atoms with Crippen LogP contribution in [0.25, 0.3) is 0 Å². The van der Waals surface area contributed by atoms with Gasteiger partial charge in [0.2, 0.25) is 5.13 Å².